The number of carbonyl (C=O) groups excluding carboxylic acids is 2. The second-order valence-electron chi connectivity index (χ2n) is 9.07. The zero-order valence-corrected chi connectivity index (χ0v) is 21.8. The van der Waals surface area contributed by atoms with Gasteiger partial charge in [-0.3, -0.25) is 0 Å². The predicted molar refractivity (Wildman–Crippen MR) is 137 cm³/mol. The third-order valence-corrected chi connectivity index (χ3v) is 6.02. The third kappa shape index (κ3) is 11.7. The summed E-state index contributed by atoms with van der Waals surface area (Å²) < 4.78 is 10.6. The van der Waals surface area contributed by atoms with E-state index in [1.165, 1.54) is 38.5 Å². The van der Waals surface area contributed by atoms with Gasteiger partial charge in [0.15, 0.2) is 0 Å². The van der Waals surface area contributed by atoms with E-state index in [2.05, 4.69) is 13.8 Å². The lowest BCUT2D eigenvalue weighted by Crippen LogP contribution is -2.19. The number of ether oxygens (including phenoxy) is 2. The molecule has 36 heavy (non-hydrogen) atoms. The minimum atomic E-state index is -1.52. The van der Waals surface area contributed by atoms with Gasteiger partial charge in [-0.1, -0.05) is 90.9 Å². The van der Waals surface area contributed by atoms with Crippen LogP contribution >= 0.6 is 0 Å². The molecule has 0 radical (unpaired) electrons. The highest BCUT2D eigenvalue weighted by molar-refractivity contribution is 6.09. The molecule has 0 fully saturated rings. The van der Waals surface area contributed by atoms with Crippen LogP contribution in [-0.2, 0) is 9.47 Å². The highest BCUT2D eigenvalue weighted by Gasteiger charge is 2.27. The fourth-order valence-electron chi connectivity index (χ4n) is 3.89. The van der Waals surface area contributed by atoms with Gasteiger partial charge in [0.25, 0.3) is 0 Å². The molecule has 2 N–H and O–H groups in total. The number of hydrogen-bond acceptors (Lipinski definition) is 6. The van der Waals surface area contributed by atoms with E-state index < -0.39 is 35.0 Å². The van der Waals surface area contributed by atoms with E-state index in [0.29, 0.717) is 12.8 Å². The van der Waals surface area contributed by atoms with Crippen LogP contribution in [-0.4, -0.2) is 47.3 Å². The molecule has 8 heteroatoms. The highest BCUT2D eigenvalue weighted by atomic mass is 16.5. The Bertz CT molecular complexity index is 777. The van der Waals surface area contributed by atoms with Crippen LogP contribution in [0.4, 0.5) is 0 Å². The Kier molecular flexibility index (Phi) is 15.9. The van der Waals surface area contributed by atoms with Gasteiger partial charge < -0.3 is 19.7 Å². The number of carboxylic acid groups (broad SMARTS) is 2. The number of carbonyl (C=O) groups is 4. The highest BCUT2D eigenvalue weighted by Crippen LogP contribution is 2.21. The molecule has 0 bridgehead atoms. The smallest absolute Gasteiger partial charge is 0.339 e. The molecule has 0 unspecified atom stereocenters. The summed E-state index contributed by atoms with van der Waals surface area (Å²) in [6, 6.07) is 1.78. The van der Waals surface area contributed by atoms with Gasteiger partial charge in [-0.25, -0.2) is 19.2 Å². The summed E-state index contributed by atoms with van der Waals surface area (Å²) in [5, 5.41) is 18.9. The Balaban J connectivity index is 2.81. The van der Waals surface area contributed by atoms with Crippen molar-refractivity contribution in [2.75, 3.05) is 13.2 Å². The van der Waals surface area contributed by atoms with Crippen molar-refractivity contribution in [1.29, 1.82) is 0 Å². The largest absolute Gasteiger partial charge is 0.478 e. The topological polar surface area (TPSA) is 127 Å². The van der Waals surface area contributed by atoms with Gasteiger partial charge in [-0.2, -0.15) is 0 Å². The molecular formula is C28H42O8. The van der Waals surface area contributed by atoms with Crippen LogP contribution in [0.2, 0.25) is 0 Å². The summed E-state index contributed by atoms with van der Waals surface area (Å²) in [6.45, 7) is 4.56. The monoisotopic (exact) mass is 506 g/mol. The van der Waals surface area contributed by atoms with Crippen LogP contribution in [0.5, 0.6) is 0 Å². The average Bonchev–Trinajstić information content (AvgIpc) is 2.85. The lowest BCUT2D eigenvalue weighted by Gasteiger charge is -2.13. The first-order chi connectivity index (χ1) is 17.3. The van der Waals surface area contributed by atoms with Gasteiger partial charge in [0.2, 0.25) is 0 Å². The van der Waals surface area contributed by atoms with Gasteiger partial charge in [0.1, 0.15) is 0 Å². The molecule has 0 saturated carbocycles. The summed E-state index contributed by atoms with van der Waals surface area (Å²) in [5.41, 5.74) is -1.78. The molecule has 8 nitrogen and oxygen atoms in total. The first-order valence-corrected chi connectivity index (χ1v) is 13.3. The Hall–Kier alpha value is -2.90. The fraction of sp³-hybridized carbons (Fsp3) is 0.643. The lowest BCUT2D eigenvalue weighted by molar-refractivity contribution is 0.0449. The molecule has 1 aromatic carbocycles. The molecule has 0 heterocycles. The van der Waals surface area contributed by atoms with Gasteiger partial charge in [0.05, 0.1) is 35.5 Å². The number of carboxylic acids is 2. The molecule has 0 aromatic heterocycles. The third-order valence-electron chi connectivity index (χ3n) is 6.02. The summed E-state index contributed by atoms with van der Waals surface area (Å²) in [6.07, 6.45) is 14.5. The van der Waals surface area contributed by atoms with E-state index in [-0.39, 0.29) is 24.3 Å². The van der Waals surface area contributed by atoms with Crippen molar-refractivity contribution >= 4 is 23.9 Å². The summed E-state index contributed by atoms with van der Waals surface area (Å²) in [4.78, 5) is 48.7. The van der Waals surface area contributed by atoms with E-state index in [9.17, 15) is 29.4 Å². The number of benzene rings is 1. The maximum atomic E-state index is 12.7. The molecule has 0 atom stereocenters. The van der Waals surface area contributed by atoms with Crippen molar-refractivity contribution in [3.63, 3.8) is 0 Å². The zero-order chi connectivity index (χ0) is 26.8. The molecular weight excluding hydrogens is 464 g/mol. The SMILES string of the molecule is CCCCCCCCCOC(=O)c1cc(C(=O)O)c(C(=O)O)cc1C(=O)OCCCCCCCCC. The Morgan fingerprint density at radius 1 is 0.528 bits per heavy atom. The molecule has 0 spiro atoms. The zero-order valence-electron chi connectivity index (χ0n) is 21.8. The molecule has 1 aromatic rings. The van der Waals surface area contributed by atoms with Crippen molar-refractivity contribution in [2.24, 2.45) is 0 Å². The number of aromatic carboxylic acids is 2. The maximum absolute atomic E-state index is 12.7. The summed E-state index contributed by atoms with van der Waals surface area (Å²) in [5.74, 6) is -4.78. The van der Waals surface area contributed by atoms with Gasteiger partial charge in [-0.05, 0) is 25.0 Å². The molecule has 202 valence electrons. The molecule has 0 amide bonds. The summed E-state index contributed by atoms with van der Waals surface area (Å²) >= 11 is 0. The van der Waals surface area contributed by atoms with Crippen LogP contribution in [0.15, 0.2) is 12.1 Å². The number of hydrogen-bond donors (Lipinski definition) is 2. The van der Waals surface area contributed by atoms with Crippen molar-refractivity contribution in [1.82, 2.24) is 0 Å². The van der Waals surface area contributed by atoms with E-state index in [1.807, 2.05) is 0 Å². The standard InChI is InChI=1S/C28H42O8/c1-3-5-7-9-11-13-15-17-35-27(33)23-19-21(25(29)30)22(26(31)32)20-24(23)28(34)36-18-16-14-12-10-8-6-4-2/h19-20H,3-18H2,1-2H3,(H,29,30)(H,31,32). The fourth-order valence-corrected chi connectivity index (χ4v) is 3.89. The Morgan fingerprint density at radius 2 is 0.833 bits per heavy atom. The average molecular weight is 507 g/mol. The van der Waals surface area contributed by atoms with Crippen molar-refractivity contribution in [3.05, 3.63) is 34.4 Å². The first-order valence-electron chi connectivity index (χ1n) is 13.3. The van der Waals surface area contributed by atoms with Crippen molar-refractivity contribution < 1.29 is 38.9 Å². The van der Waals surface area contributed by atoms with Crippen LogP contribution in [0.3, 0.4) is 0 Å². The van der Waals surface area contributed by atoms with Crippen LogP contribution in [0, 0.1) is 0 Å². The normalized spacial score (nSPS) is 10.7. The summed E-state index contributed by atoms with van der Waals surface area (Å²) in [7, 11) is 0. The second kappa shape index (κ2) is 18.4. The molecule has 0 aliphatic heterocycles. The van der Waals surface area contributed by atoms with Crippen molar-refractivity contribution in [2.45, 2.75) is 104 Å². The molecule has 0 aliphatic rings. The van der Waals surface area contributed by atoms with E-state index in [0.717, 1.165) is 50.7 Å². The minimum Gasteiger partial charge on any atom is -0.478 e. The number of rotatable bonds is 20. The second-order valence-corrected chi connectivity index (χ2v) is 9.07. The predicted octanol–water partition coefficient (Wildman–Crippen LogP) is 6.90. The van der Waals surface area contributed by atoms with Crippen LogP contribution in [0.1, 0.15) is 145 Å². The first kappa shape index (κ1) is 31.1. The van der Waals surface area contributed by atoms with E-state index in [4.69, 9.17) is 9.47 Å². The van der Waals surface area contributed by atoms with Crippen LogP contribution < -0.4 is 0 Å². The van der Waals surface area contributed by atoms with Crippen LogP contribution in [0.25, 0.3) is 0 Å². The molecule has 0 aliphatic carbocycles. The van der Waals surface area contributed by atoms with Crippen molar-refractivity contribution in [3.8, 4) is 0 Å². The maximum Gasteiger partial charge on any atom is 0.339 e. The van der Waals surface area contributed by atoms with E-state index in [1.54, 1.807) is 0 Å². The number of unbranched alkanes of at least 4 members (excludes halogenated alkanes) is 12. The minimum absolute atomic E-state index is 0.127. The Labute approximate surface area is 214 Å². The number of esters is 2. The molecule has 0 saturated heterocycles. The molecule has 1 rings (SSSR count). The van der Waals surface area contributed by atoms with E-state index >= 15 is 0 Å². The van der Waals surface area contributed by atoms with Gasteiger partial charge >= 0.3 is 23.9 Å². The lowest BCUT2D eigenvalue weighted by atomic mass is 9.98. The Morgan fingerprint density at radius 3 is 1.14 bits per heavy atom. The van der Waals surface area contributed by atoms with Gasteiger partial charge in [-0.15, -0.1) is 0 Å². The quantitative estimate of drug-likeness (QED) is 0.144. The van der Waals surface area contributed by atoms with Gasteiger partial charge in [0, 0.05) is 0 Å².